The van der Waals surface area contributed by atoms with Crippen molar-refractivity contribution in [3.05, 3.63) is 59.7 Å². The van der Waals surface area contributed by atoms with E-state index < -0.39 is 6.10 Å². The van der Waals surface area contributed by atoms with Crippen molar-refractivity contribution in [3.8, 4) is 5.75 Å². The molecular formula is C16H19NO2. The monoisotopic (exact) mass is 257 g/mol. The van der Waals surface area contributed by atoms with Crippen LogP contribution in [0, 0.1) is 6.92 Å². The van der Waals surface area contributed by atoms with Crippen molar-refractivity contribution in [2.24, 2.45) is 0 Å². The van der Waals surface area contributed by atoms with E-state index in [-0.39, 0.29) is 0 Å². The Balaban J connectivity index is 1.95. The minimum absolute atomic E-state index is 0.482. The summed E-state index contributed by atoms with van der Waals surface area (Å²) in [6.07, 6.45) is -0.536. The zero-order chi connectivity index (χ0) is 13.7. The topological polar surface area (TPSA) is 41.5 Å². The molecule has 100 valence electrons. The number of aryl methyl sites for hydroxylation is 1. The molecule has 1 atom stereocenters. The molecule has 3 nitrogen and oxygen atoms in total. The first-order valence-electron chi connectivity index (χ1n) is 6.31. The molecule has 2 N–H and O–H groups in total. The number of ether oxygens (including phenoxy) is 1. The third-order valence-electron chi connectivity index (χ3n) is 3.02. The molecule has 0 saturated heterocycles. The average Bonchev–Trinajstić information content (AvgIpc) is 2.45. The van der Waals surface area contributed by atoms with Crippen molar-refractivity contribution in [1.82, 2.24) is 0 Å². The Morgan fingerprint density at radius 3 is 2.53 bits per heavy atom. The van der Waals surface area contributed by atoms with Crippen molar-refractivity contribution in [3.63, 3.8) is 0 Å². The first-order valence-corrected chi connectivity index (χ1v) is 6.31. The van der Waals surface area contributed by atoms with E-state index in [4.69, 9.17) is 4.74 Å². The van der Waals surface area contributed by atoms with Gasteiger partial charge in [-0.3, -0.25) is 0 Å². The normalized spacial score (nSPS) is 11.9. The number of hydrogen-bond acceptors (Lipinski definition) is 3. The quantitative estimate of drug-likeness (QED) is 0.864. The lowest BCUT2D eigenvalue weighted by Crippen LogP contribution is -2.12. The van der Waals surface area contributed by atoms with Crippen LogP contribution in [-0.2, 0) is 0 Å². The summed E-state index contributed by atoms with van der Waals surface area (Å²) in [6.45, 7) is 2.53. The summed E-state index contributed by atoms with van der Waals surface area (Å²) in [6, 6.07) is 15.6. The smallest absolute Gasteiger partial charge is 0.118 e. The van der Waals surface area contributed by atoms with Crippen molar-refractivity contribution >= 4 is 5.69 Å². The molecular weight excluding hydrogens is 238 g/mol. The van der Waals surface area contributed by atoms with E-state index in [1.165, 1.54) is 5.56 Å². The third kappa shape index (κ3) is 3.73. The predicted molar refractivity (Wildman–Crippen MR) is 77.6 cm³/mol. The number of methoxy groups -OCH3 is 1. The van der Waals surface area contributed by atoms with Gasteiger partial charge in [-0.15, -0.1) is 0 Å². The van der Waals surface area contributed by atoms with E-state index in [9.17, 15) is 5.11 Å². The molecule has 0 aliphatic rings. The molecule has 0 heterocycles. The SMILES string of the molecule is COc1ccc(C(O)CNc2cccc(C)c2)cc1. The number of aliphatic hydroxyl groups excluding tert-OH is 1. The fourth-order valence-electron chi connectivity index (χ4n) is 1.91. The Labute approximate surface area is 113 Å². The van der Waals surface area contributed by atoms with Gasteiger partial charge in [-0.25, -0.2) is 0 Å². The van der Waals surface area contributed by atoms with Crippen LogP contribution in [-0.4, -0.2) is 18.8 Å². The van der Waals surface area contributed by atoms with Gasteiger partial charge in [-0.05, 0) is 42.3 Å². The van der Waals surface area contributed by atoms with E-state index in [1.807, 2.05) is 49.4 Å². The van der Waals surface area contributed by atoms with Gasteiger partial charge in [0.15, 0.2) is 0 Å². The highest BCUT2D eigenvalue weighted by Crippen LogP contribution is 2.18. The van der Waals surface area contributed by atoms with Gasteiger partial charge in [0.2, 0.25) is 0 Å². The molecule has 0 spiro atoms. The maximum absolute atomic E-state index is 10.1. The van der Waals surface area contributed by atoms with Crippen LogP contribution in [0.2, 0.25) is 0 Å². The summed E-state index contributed by atoms with van der Waals surface area (Å²) in [4.78, 5) is 0. The first-order chi connectivity index (χ1) is 9.19. The Hall–Kier alpha value is -2.00. The van der Waals surface area contributed by atoms with Gasteiger partial charge < -0.3 is 15.2 Å². The molecule has 2 rings (SSSR count). The second-order valence-electron chi connectivity index (χ2n) is 4.54. The summed E-state index contributed by atoms with van der Waals surface area (Å²) in [5.74, 6) is 0.794. The summed E-state index contributed by atoms with van der Waals surface area (Å²) in [7, 11) is 1.63. The van der Waals surface area contributed by atoms with Gasteiger partial charge in [0.25, 0.3) is 0 Å². The molecule has 0 amide bonds. The minimum atomic E-state index is -0.536. The number of hydrogen-bond donors (Lipinski definition) is 2. The van der Waals surface area contributed by atoms with Gasteiger partial charge >= 0.3 is 0 Å². The Morgan fingerprint density at radius 2 is 1.89 bits per heavy atom. The zero-order valence-corrected chi connectivity index (χ0v) is 11.3. The second kappa shape index (κ2) is 6.25. The van der Waals surface area contributed by atoms with Gasteiger partial charge in [-0.2, -0.15) is 0 Å². The second-order valence-corrected chi connectivity index (χ2v) is 4.54. The number of rotatable bonds is 5. The maximum atomic E-state index is 10.1. The summed E-state index contributed by atoms with van der Waals surface area (Å²) in [5.41, 5.74) is 3.09. The Morgan fingerprint density at radius 1 is 1.16 bits per heavy atom. The standard InChI is InChI=1S/C16H19NO2/c1-12-4-3-5-14(10-12)17-11-16(18)13-6-8-15(19-2)9-7-13/h3-10,16-18H,11H2,1-2H3. The Bertz CT molecular complexity index is 523. The van der Waals surface area contributed by atoms with Gasteiger partial charge in [0, 0.05) is 12.2 Å². The van der Waals surface area contributed by atoms with Crippen LogP contribution in [0.15, 0.2) is 48.5 Å². The molecule has 2 aromatic rings. The van der Waals surface area contributed by atoms with Crippen molar-refractivity contribution in [2.75, 3.05) is 19.0 Å². The zero-order valence-electron chi connectivity index (χ0n) is 11.3. The van der Waals surface area contributed by atoms with Gasteiger partial charge in [0.1, 0.15) is 5.75 Å². The van der Waals surface area contributed by atoms with Crippen LogP contribution < -0.4 is 10.1 Å². The van der Waals surface area contributed by atoms with Crippen LogP contribution in [0.1, 0.15) is 17.2 Å². The highest BCUT2D eigenvalue weighted by Gasteiger charge is 2.07. The predicted octanol–water partition coefficient (Wildman–Crippen LogP) is 3.15. The summed E-state index contributed by atoms with van der Waals surface area (Å²) in [5, 5.41) is 13.3. The fraction of sp³-hybridized carbons (Fsp3) is 0.250. The number of anilines is 1. The molecule has 0 radical (unpaired) electrons. The molecule has 3 heteroatoms. The number of nitrogens with one attached hydrogen (secondary N) is 1. The molecule has 19 heavy (non-hydrogen) atoms. The van der Waals surface area contributed by atoms with E-state index in [0.717, 1.165) is 17.0 Å². The summed E-state index contributed by atoms with van der Waals surface area (Å²) >= 11 is 0. The molecule has 0 saturated carbocycles. The average molecular weight is 257 g/mol. The molecule has 2 aromatic carbocycles. The molecule has 0 aromatic heterocycles. The fourth-order valence-corrected chi connectivity index (χ4v) is 1.91. The van der Waals surface area contributed by atoms with Crippen LogP contribution >= 0.6 is 0 Å². The van der Waals surface area contributed by atoms with Crippen LogP contribution in [0.3, 0.4) is 0 Å². The van der Waals surface area contributed by atoms with E-state index in [1.54, 1.807) is 7.11 Å². The van der Waals surface area contributed by atoms with Crippen LogP contribution in [0.5, 0.6) is 5.75 Å². The minimum Gasteiger partial charge on any atom is -0.497 e. The molecule has 0 aliphatic heterocycles. The Kier molecular flexibility index (Phi) is 4.42. The molecule has 0 bridgehead atoms. The van der Waals surface area contributed by atoms with Crippen molar-refractivity contribution in [2.45, 2.75) is 13.0 Å². The largest absolute Gasteiger partial charge is 0.497 e. The summed E-state index contributed by atoms with van der Waals surface area (Å²) < 4.78 is 5.09. The highest BCUT2D eigenvalue weighted by molar-refractivity contribution is 5.45. The van der Waals surface area contributed by atoms with E-state index in [0.29, 0.717) is 6.54 Å². The van der Waals surface area contributed by atoms with E-state index >= 15 is 0 Å². The number of aliphatic hydroxyl groups is 1. The lowest BCUT2D eigenvalue weighted by Gasteiger charge is -2.14. The lowest BCUT2D eigenvalue weighted by atomic mass is 10.1. The van der Waals surface area contributed by atoms with Gasteiger partial charge in [0.05, 0.1) is 13.2 Å². The van der Waals surface area contributed by atoms with Crippen LogP contribution in [0.4, 0.5) is 5.69 Å². The highest BCUT2D eigenvalue weighted by atomic mass is 16.5. The van der Waals surface area contributed by atoms with E-state index in [2.05, 4.69) is 11.4 Å². The molecule has 0 fully saturated rings. The third-order valence-corrected chi connectivity index (χ3v) is 3.02. The van der Waals surface area contributed by atoms with Crippen LogP contribution in [0.25, 0.3) is 0 Å². The maximum Gasteiger partial charge on any atom is 0.118 e. The number of benzene rings is 2. The first kappa shape index (κ1) is 13.4. The van der Waals surface area contributed by atoms with Crippen molar-refractivity contribution in [1.29, 1.82) is 0 Å². The van der Waals surface area contributed by atoms with Gasteiger partial charge in [-0.1, -0.05) is 24.3 Å². The molecule has 0 aliphatic carbocycles. The lowest BCUT2D eigenvalue weighted by molar-refractivity contribution is 0.191. The molecule has 1 unspecified atom stereocenters. The van der Waals surface area contributed by atoms with Crippen molar-refractivity contribution < 1.29 is 9.84 Å².